The molecule has 0 atom stereocenters. The molecule has 0 unspecified atom stereocenters. The number of para-hydroxylation sites is 1. The van der Waals surface area contributed by atoms with Crippen molar-refractivity contribution in [3.05, 3.63) is 53.7 Å². The molecule has 21 heavy (non-hydrogen) atoms. The highest BCUT2D eigenvalue weighted by Crippen LogP contribution is 2.29. The summed E-state index contributed by atoms with van der Waals surface area (Å²) in [4.78, 5) is 16.5. The number of aromatic nitrogens is 1. The lowest BCUT2D eigenvalue weighted by Gasteiger charge is -2.23. The third kappa shape index (κ3) is 3.38. The number of nitrogens with zero attached hydrogens (tertiary/aromatic N) is 1. The minimum absolute atomic E-state index is 0.0617. The molecule has 0 aliphatic carbocycles. The summed E-state index contributed by atoms with van der Waals surface area (Å²) in [7, 11) is 0. The summed E-state index contributed by atoms with van der Waals surface area (Å²) in [5.41, 5.74) is 4.65. The fraction of sp³-hybridized carbons (Fsp3) is 0.250. The number of anilines is 2. The maximum atomic E-state index is 12.4. The Morgan fingerprint density at radius 1 is 1.14 bits per heavy atom. The molecule has 5 nitrogen and oxygen atoms in total. The molecule has 0 saturated heterocycles. The van der Waals surface area contributed by atoms with E-state index in [0.29, 0.717) is 11.4 Å². The van der Waals surface area contributed by atoms with Gasteiger partial charge in [-0.25, -0.2) is 10.8 Å². The molecule has 110 valence electrons. The molecular weight excluding hydrogens is 264 g/mol. The van der Waals surface area contributed by atoms with Crippen LogP contribution in [0.5, 0.6) is 0 Å². The van der Waals surface area contributed by atoms with E-state index in [1.807, 2.05) is 24.3 Å². The third-order valence-electron chi connectivity index (χ3n) is 3.17. The molecule has 5 heteroatoms. The largest absolute Gasteiger partial charge is 0.322 e. The Hall–Kier alpha value is -2.40. The quantitative estimate of drug-likeness (QED) is 0.598. The Morgan fingerprint density at radius 3 is 2.52 bits per heavy atom. The van der Waals surface area contributed by atoms with Crippen molar-refractivity contribution >= 4 is 17.4 Å². The molecule has 0 saturated carbocycles. The smallest absolute Gasteiger partial charge is 0.259 e. The fourth-order valence-corrected chi connectivity index (χ4v) is 2.14. The topological polar surface area (TPSA) is 80.0 Å². The van der Waals surface area contributed by atoms with Crippen LogP contribution in [0.4, 0.5) is 11.5 Å². The minimum Gasteiger partial charge on any atom is -0.322 e. The van der Waals surface area contributed by atoms with Gasteiger partial charge < -0.3 is 10.7 Å². The van der Waals surface area contributed by atoms with Gasteiger partial charge in [-0.1, -0.05) is 39.0 Å². The summed E-state index contributed by atoms with van der Waals surface area (Å²) in [5.74, 6) is 5.50. The number of carbonyl (C=O) groups is 1. The molecule has 4 N–H and O–H groups in total. The van der Waals surface area contributed by atoms with E-state index in [1.165, 1.54) is 0 Å². The van der Waals surface area contributed by atoms with Crippen LogP contribution in [-0.2, 0) is 5.41 Å². The van der Waals surface area contributed by atoms with Crippen LogP contribution in [0, 0.1) is 0 Å². The Bertz CT molecular complexity index is 647. The lowest BCUT2D eigenvalue weighted by atomic mass is 9.86. The second kappa shape index (κ2) is 5.93. The first-order valence-electron chi connectivity index (χ1n) is 6.76. The Balaban J connectivity index is 2.33. The first-order chi connectivity index (χ1) is 9.93. The van der Waals surface area contributed by atoms with Gasteiger partial charge in [-0.05, 0) is 29.2 Å². The number of nitrogen functional groups attached to an aromatic ring is 1. The van der Waals surface area contributed by atoms with Gasteiger partial charge in [0.2, 0.25) is 0 Å². The monoisotopic (exact) mass is 284 g/mol. The predicted molar refractivity (Wildman–Crippen MR) is 85.1 cm³/mol. The molecule has 1 aromatic heterocycles. The van der Waals surface area contributed by atoms with Gasteiger partial charge in [-0.15, -0.1) is 0 Å². The zero-order valence-electron chi connectivity index (χ0n) is 12.5. The Morgan fingerprint density at radius 2 is 1.86 bits per heavy atom. The summed E-state index contributed by atoms with van der Waals surface area (Å²) in [5, 5.41) is 2.93. The summed E-state index contributed by atoms with van der Waals surface area (Å²) in [6.45, 7) is 6.32. The van der Waals surface area contributed by atoms with Crippen molar-refractivity contribution in [2.24, 2.45) is 5.84 Å². The number of amides is 1. The van der Waals surface area contributed by atoms with Crippen LogP contribution in [0.25, 0.3) is 0 Å². The van der Waals surface area contributed by atoms with Crippen LogP contribution in [0.1, 0.15) is 36.7 Å². The van der Waals surface area contributed by atoms with Crippen molar-refractivity contribution in [3.8, 4) is 0 Å². The lowest BCUT2D eigenvalue weighted by Crippen LogP contribution is -2.21. The van der Waals surface area contributed by atoms with Gasteiger partial charge in [0.1, 0.15) is 0 Å². The highest BCUT2D eigenvalue weighted by atomic mass is 16.1. The second-order valence-electron chi connectivity index (χ2n) is 5.79. The highest BCUT2D eigenvalue weighted by Gasteiger charge is 2.19. The molecule has 0 radical (unpaired) electrons. The Labute approximate surface area is 124 Å². The van der Waals surface area contributed by atoms with Crippen molar-refractivity contribution < 1.29 is 4.79 Å². The zero-order chi connectivity index (χ0) is 15.5. The molecule has 0 bridgehead atoms. The van der Waals surface area contributed by atoms with Crippen molar-refractivity contribution in [2.45, 2.75) is 26.2 Å². The summed E-state index contributed by atoms with van der Waals surface area (Å²) < 4.78 is 0. The second-order valence-corrected chi connectivity index (χ2v) is 5.79. The fourth-order valence-electron chi connectivity index (χ4n) is 2.14. The van der Waals surface area contributed by atoms with Gasteiger partial charge in [0.25, 0.3) is 5.91 Å². The van der Waals surface area contributed by atoms with Crippen LogP contribution in [0.3, 0.4) is 0 Å². The molecule has 0 aliphatic rings. The van der Waals surface area contributed by atoms with Gasteiger partial charge >= 0.3 is 0 Å². The number of benzene rings is 1. The van der Waals surface area contributed by atoms with Crippen molar-refractivity contribution in [3.63, 3.8) is 0 Å². The van der Waals surface area contributed by atoms with Crippen molar-refractivity contribution in [1.82, 2.24) is 4.98 Å². The first kappa shape index (κ1) is 15.0. The SMILES string of the molecule is CC(C)(C)c1ccccc1NC(=O)c1cccnc1NN. The van der Waals surface area contributed by atoms with Crippen LogP contribution < -0.4 is 16.6 Å². The molecule has 0 fully saturated rings. The molecule has 1 heterocycles. The van der Waals surface area contributed by atoms with Crippen LogP contribution >= 0.6 is 0 Å². The van der Waals surface area contributed by atoms with Crippen LogP contribution in [-0.4, -0.2) is 10.9 Å². The van der Waals surface area contributed by atoms with E-state index in [4.69, 9.17) is 5.84 Å². The molecule has 1 amide bonds. The number of nitrogens with two attached hydrogens (primary N) is 1. The summed E-state index contributed by atoms with van der Waals surface area (Å²) in [6, 6.07) is 11.2. The van der Waals surface area contributed by atoms with E-state index in [0.717, 1.165) is 11.3 Å². The number of hydrogen-bond donors (Lipinski definition) is 3. The maximum Gasteiger partial charge on any atom is 0.259 e. The third-order valence-corrected chi connectivity index (χ3v) is 3.17. The molecule has 2 aromatic rings. The molecule has 1 aromatic carbocycles. The van der Waals surface area contributed by atoms with Crippen LogP contribution in [0.2, 0.25) is 0 Å². The standard InChI is InChI=1S/C16H20N4O/c1-16(2,3)12-8-4-5-9-13(12)19-15(21)11-7-6-10-18-14(11)20-17/h4-10H,17H2,1-3H3,(H,18,20)(H,19,21). The highest BCUT2D eigenvalue weighted by molar-refractivity contribution is 6.07. The number of carbonyl (C=O) groups excluding carboxylic acids is 1. The predicted octanol–water partition coefficient (Wildman–Crippen LogP) is 2.92. The van der Waals surface area contributed by atoms with Gasteiger partial charge in [0, 0.05) is 11.9 Å². The Kier molecular flexibility index (Phi) is 4.23. The summed E-state index contributed by atoms with van der Waals surface area (Å²) in [6.07, 6.45) is 1.58. The van der Waals surface area contributed by atoms with Gasteiger partial charge in [-0.2, -0.15) is 0 Å². The lowest BCUT2D eigenvalue weighted by molar-refractivity contribution is 0.102. The van der Waals surface area contributed by atoms with E-state index < -0.39 is 0 Å². The number of pyridine rings is 1. The summed E-state index contributed by atoms with van der Waals surface area (Å²) >= 11 is 0. The van der Waals surface area contributed by atoms with Crippen molar-refractivity contribution in [2.75, 3.05) is 10.7 Å². The molecular formula is C16H20N4O. The van der Waals surface area contributed by atoms with Gasteiger partial charge in [0.05, 0.1) is 5.56 Å². The zero-order valence-corrected chi connectivity index (χ0v) is 12.5. The van der Waals surface area contributed by atoms with Crippen molar-refractivity contribution in [1.29, 1.82) is 0 Å². The van der Waals surface area contributed by atoms with Gasteiger partial charge in [-0.3, -0.25) is 4.79 Å². The van der Waals surface area contributed by atoms with E-state index in [1.54, 1.807) is 18.3 Å². The average Bonchev–Trinajstić information content (AvgIpc) is 2.46. The van der Waals surface area contributed by atoms with E-state index >= 15 is 0 Å². The maximum absolute atomic E-state index is 12.4. The molecule has 2 rings (SSSR count). The number of hydrogen-bond acceptors (Lipinski definition) is 4. The first-order valence-corrected chi connectivity index (χ1v) is 6.76. The molecule has 0 spiro atoms. The van der Waals surface area contributed by atoms with E-state index in [-0.39, 0.29) is 11.3 Å². The average molecular weight is 284 g/mol. The number of nitrogens with one attached hydrogen (secondary N) is 2. The minimum atomic E-state index is -0.243. The normalized spacial score (nSPS) is 11.0. The van der Waals surface area contributed by atoms with Crippen LogP contribution in [0.15, 0.2) is 42.6 Å². The van der Waals surface area contributed by atoms with E-state index in [2.05, 4.69) is 36.5 Å². The van der Waals surface area contributed by atoms with Gasteiger partial charge in [0.15, 0.2) is 5.82 Å². The number of rotatable bonds is 3. The number of hydrazine groups is 1. The van der Waals surface area contributed by atoms with E-state index in [9.17, 15) is 4.79 Å². The molecule has 0 aliphatic heterocycles.